The van der Waals surface area contributed by atoms with Gasteiger partial charge in [0.15, 0.2) is 4.34 Å². The molecular formula is C18H17N3O2S2. The Hall–Kier alpha value is -2.38. The first-order chi connectivity index (χ1) is 12.1. The van der Waals surface area contributed by atoms with Crippen LogP contribution in [-0.2, 0) is 17.0 Å². The van der Waals surface area contributed by atoms with Gasteiger partial charge < -0.3 is 10.5 Å². The number of thioether (sulfide) groups is 1. The lowest BCUT2D eigenvalue weighted by atomic mass is 10.2. The summed E-state index contributed by atoms with van der Waals surface area (Å²) >= 11 is 3.14. The van der Waals surface area contributed by atoms with Crippen molar-refractivity contribution in [3.8, 4) is 11.5 Å². The molecule has 2 heterocycles. The molecule has 0 atom stereocenters. The van der Waals surface area contributed by atoms with E-state index in [0.29, 0.717) is 5.75 Å². The van der Waals surface area contributed by atoms with Crippen molar-refractivity contribution in [3.63, 3.8) is 0 Å². The van der Waals surface area contributed by atoms with Crippen molar-refractivity contribution in [2.75, 3.05) is 0 Å². The van der Waals surface area contributed by atoms with Gasteiger partial charge in [-0.15, -0.1) is 11.3 Å². The van der Waals surface area contributed by atoms with Gasteiger partial charge in [-0.2, -0.15) is 0 Å². The molecule has 0 saturated carbocycles. The van der Waals surface area contributed by atoms with E-state index in [2.05, 4.69) is 9.97 Å². The van der Waals surface area contributed by atoms with Crippen LogP contribution in [-0.4, -0.2) is 15.9 Å². The zero-order valence-electron chi connectivity index (χ0n) is 13.6. The summed E-state index contributed by atoms with van der Waals surface area (Å²) in [7, 11) is 0. The molecular weight excluding hydrogens is 354 g/mol. The van der Waals surface area contributed by atoms with Gasteiger partial charge in [-0.05, 0) is 25.1 Å². The number of pyridine rings is 1. The summed E-state index contributed by atoms with van der Waals surface area (Å²) in [5, 5.41) is 0. The number of nitrogens with two attached hydrogens (primary N) is 1. The minimum absolute atomic E-state index is 0.241. The third kappa shape index (κ3) is 4.80. The van der Waals surface area contributed by atoms with Crippen molar-refractivity contribution >= 4 is 29.0 Å². The van der Waals surface area contributed by atoms with Crippen LogP contribution in [0.2, 0.25) is 0 Å². The summed E-state index contributed by atoms with van der Waals surface area (Å²) < 4.78 is 6.85. The fourth-order valence-electron chi connectivity index (χ4n) is 2.18. The molecule has 1 amide bonds. The minimum atomic E-state index is -0.335. The number of aromatic nitrogens is 2. The largest absolute Gasteiger partial charge is 0.455 e. The van der Waals surface area contributed by atoms with E-state index >= 15 is 0 Å². The molecule has 0 bridgehead atoms. The second-order valence-corrected chi connectivity index (χ2v) is 7.62. The Morgan fingerprint density at radius 3 is 2.88 bits per heavy atom. The molecule has 2 N–H and O–H groups in total. The number of amides is 1. The molecule has 0 fully saturated rings. The maximum Gasteiger partial charge on any atom is 0.222 e. The smallest absolute Gasteiger partial charge is 0.222 e. The van der Waals surface area contributed by atoms with Gasteiger partial charge in [-0.1, -0.05) is 30.0 Å². The third-order valence-corrected chi connectivity index (χ3v) is 5.74. The fraction of sp³-hybridized carbons (Fsp3) is 0.167. The van der Waals surface area contributed by atoms with Crippen LogP contribution in [0.3, 0.4) is 0 Å². The average molecular weight is 371 g/mol. The number of rotatable bonds is 7. The number of aryl methyl sites for hydroxylation is 1. The number of hydrogen-bond acceptors (Lipinski definition) is 6. The number of nitrogens with zero attached hydrogens (tertiary/aromatic N) is 2. The molecule has 1 aromatic carbocycles. The lowest BCUT2D eigenvalue weighted by Crippen LogP contribution is -2.13. The Morgan fingerprint density at radius 1 is 1.28 bits per heavy atom. The van der Waals surface area contributed by atoms with E-state index in [9.17, 15) is 4.79 Å². The molecule has 7 heteroatoms. The van der Waals surface area contributed by atoms with Crippen LogP contribution in [0.5, 0.6) is 11.5 Å². The highest BCUT2D eigenvalue weighted by Crippen LogP contribution is 2.33. The standard InChI is InChI=1S/C18H17N3O2S2/c1-12-16(9-17(19)22)25-18(21-12)24-11-13-5-2-3-7-15(13)23-14-6-4-8-20-10-14/h2-8,10H,9,11H2,1H3,(H2,19,22). The van der Waals surface area contributed by atoms with E-state index in [-0.39, 0.29) is 12.3 Å². The molecule has 0 spiro atoms. The zero-order chi connectivity index (χ0) is 17.6. The van der Waals surface area contributed by atoms with Gasteiger partial charge in [0.2, 0.25) is 5.91 Å². The van der Waals surface area contributed by atoms with Crippen molar-refractivity contribution < 1.29 is 9.53 Å². The molecule has 0 unspecified atom stereocenters. The highest BCUT2D eigenvalue weighted by Gasteiger charge is 2.12. The van der Waals surface area contributed by atoms with Gasteiger partial charge in [-0.3, -0.25) is 9.78 Å². The predicted molar refractivity (Wildman–Crippen MR) is 100 cm³/mol. The number of thiazole rings is 1. The number of benzene rings is 1. The van der Waals surface area contributed by atoms with Crippen LogP contribution < -0.4 is 10.5 Å². The van der Waals surface area contributed by atoms with Gasteiger partial charge in [0.25, 0.3) is 0 Å². The molecule has 3 aromatic rings. The number of para-hydroxylation sites is 1. The van der Waals surface area contributed by atoms with Crippen molar-refractivity contribution in [2.45, 2.75) is 23.4 Å². The third-order valence-electron chi connectivity index (χ3n) is 3.39. The van der Waals surface area contributed by atoms with Crippen LogP contribution in [0.15, 0.2) is 53.1 Å². The number of ether oxygens (including phenoxy) is 1. The van der Waals surface area contributed by atoms with E-state index in [1.807, 2.05) is 43.3 Å². The van der Waals surface area contributed by atoms with Gasteiger partial charge in [-0.25, -0.2) is 4.98 Å². The van der Waals surface area contributed by atoms with E-state index in [0.717, 1.165) is 32.0 Å². The van der Waals surface area contributed by atoms with Gasteiger partial charge in [0.1, 0.15) is 11.5 Å². The monoisotopic (exact) mass is 371 g/mol. The predicted octanol–water partition coefficient (Wildman–Crippen LogP) is 3.96. The van der Waals surface area contributed by atoms with Crippen LogP contribution in [0.25, 0.3) is 0 Å². The summed E-state index contributed by atoms with van der Waals surface area (Å²) in [4.78, 5) is 20.6. The fourth-order valence-corrected chi connectivity index (χ4v) is 4.42. The number of primary amides is 1. The maximum absolute atomic E-state index is 11.1. The molecule has 2 aromatic heterocycles. The topological polar surface area (TPSA) is 78.1 Å². The lowest BCUT2D eigenvalue weighted by molar-refractivity contribution is -0.117. The molecule has 25 heavy (non-hydrogen) atoms. The van der Waals surface area contributed by atoms with Crippen molar-refractivity contribution in [1.82, 2.24) is 9.97 Å². The molecule has 5 nitrogen and oxygen atoms in total. The highest BCUT2D eigenvalue weighted by atomic mass is 32.2. The van der Waals surface area contributed by atoms with Crippen molar-refractivity contribution in [3.05, 3.63) is 64.9 Å². The van der Waals surface area contributed by atoms with Crippen LogP contribution in [0, 0.1) is 6.92 Å². The Balaban J connectivity index is 1.70. The minimum Gasteiger partial charge on any atom is -0.455 e. The highest BCUT2D eigenvalue weighted by molar-refractivity contribution is 8.00. The molecule has 0 saturated heterocycles. The number of hydrogen-bond donors (Lipinski definition) is 1. The molecule has 0 aliphatic carbocycles. The summed E-state index contributed by atoms with van der Waals surface area (Å²) in [5.74, 6) is 1.89. The number of carbonyl (C=O) groups excluding carboxylic acids is 1. The van der Waals surface area contributed by atoms with E-state index < -0.39 is 0 Å². The van der Waals surface area contributed by atoms with Crippen molar-refractivity contribution in [1.29, 1.82) is 0 Å². The summed E-state index contributed by atoms with van der Waals surface area (Å²) in [6, 6.07) is 11.6. The normalized spacial score (nSPS) is 10.6. The SMILES string of the molecule is Cc1nc(SCc2ccccc2Oc2cccnc2)sc1CC(N)=O. The Labute approximate surface area is 154 Å². The number of carbonyl (C=O) groups is 1. The Bertz CT molecular complexity index is 866. The molecule has 0 aliphatic heterocycles. The van der Waals surface area contributed by atoms with Crippen LogP contribution in [0.4, 0.5) is 0 Å². The summed E-state index contributed by atoms with van der Waals surface area (Å²) in [6.45, 7) is 1.90. The van der Waals surface area contributed by atoms with E-state index in [1.165, 1.54) is 11.3 Å². The summed E-state index contributed by atoms with van der Waals surface area (Å²) in [5.41, 5.74) is 7.21. The first-order valence-electron chi connectivity index (χ1n) is 7.65. The average Bonchev–Trinajstić information content (AvgIpc) is 2.94. The maximum atomic E-state index is 11.1. The van der Waals surface area contributed by atoms with Gasteiger partial charge >= 0.3 is 0 Å². The van der Waals surface area contributed by atoms with E-state index in [4.69, 9.17) is 10.5 Å². The molecule has 0 radical (unpaired) electrons. The lowest BCUT2D eigenvalue weighted by Gasteiger charge is -2.10. The first-order valence-corrected chi connectivity index (χ1v) is 9.45. The second-order valence-electron chi connectivity index (χ2n) is 5.32. The van der Waals surface area contributed by atoms with E-state index in [1.54, 1.807) is 24.2 Å². The van der Waals surface area contributed by atoms with Crippen molar-refractivity contribution in [2.24, 2.45) is 5.73 Å². The van der Waals surface area contributed by atoms with Gasteiger partial charge in [0, 0.05) is 22.4 Å². The molecule has 128 valence electrons. The molecule has 3 rings (SSSR count). The van der Waals surface area contributed by atoms with Gasteiger partial charge in [0.05, 0.1) is 18.3 Å². The van der Waals surface area contributed by atoms with Crippen LogP contribution >= 0.6 is 23.1 Å². The Morgan fingerprint density at radius 2 is 2.12 bits per heavy atom. The zero-order valence-corrected chi connectivity index (χ0v) is 15.3. The molecule has 0 aliphatic rings. The second kappa shape index (κ2) is 8.13. The quantitative estimate of drug-likeness (QED) is 0.636. The summed E-state index contributed by atoms with van der Waals surface area (Å²) in [6.07, 6.45) is 3.64. The Kier molecular flexibility index (Phi) is 5.67. The van der Waals surface area contributed by atoms with Crippen LogP contribution in [0.1, 0.15) is 16.1 Å². The first kappa shape index (κ1) is 17.4.